The summed E-state index contributed by atoms with van der Waals surface area (Å²) in [6.45, 7) is 2.23. The lowest BCUT2D eigenvalue weighted by atomic mass is 10.2. The zero-order chi connectivity index (χ0) is 13.8. The zero-order valence-corrected chi connectivity index (χ0v) is 12.8. The summed E-state index contributed by atoms with van der Waals surface area (Å²) in [5, 5.41) is 2.73. The number of aryl methyl sites for hydroxylation is 1. The van der Waals surface area contributed by atoms with Gasteiger partial charge in [0.15, 0.2) is 0 Å². The van der Waals surface area contributed by atoms with E-state index < -0.39 is 0 Å². The molecule has 100 valence electrons. The number of hydrogen-bond donors (Lipinski definition) is 1. The monoisotopic (exact) mass is 341 g/mol. The topological polar surface area (TPSA) is 29.1 Å². The highest BCUT2D eigenvalue weighted by atomic mass is 79.9. The third-order valence-electron chi connectivity index (χ3n) is 2.68. The number of carbonyl (C=O) groups excluding carboxylic acids is 1. The Labute approximate surface area is 123 Å². The van der Waals surface area contributed by atoms with Crippen LogP contribution in [-0.2, 0) is 13.0 Å². The minimum atomic E-state index is -0.316. The third-order valence-corrected chi connectivity index (χ3v) is 4.40. The largest absolute Gasteiger partial charge is 0.347 e. The average molecular weight is 342 g/mol. The average Bonchev–Trinajstić information content (AvgIpc) is 2.88. The Morgan fingerprint density at radius 3 is 2.84 bits per heavy atom. The van der Waals surface area contributed by atoms with Crippen LogP contribution < -0.4 is 5.32 Å². The van der Waals surface area contributed by atoms with E-state index in [0.717, 1.165) is 10.9 Å². The molecule has 0 unspecified atom stereocenters. The Morgan fingerprint density at radius 2 is 2.16 bits per heavy atom. The summed E-state index contributed by atoms with van der Waals surface area (Å²) in [4.78, 5) is 13.7. The number of rotatable bonds is 4. The van der Waals surface area contributed by atoms with Gasteiger partial charge in [-0.2, -0.15) is 0 Å². The standard InChI is InChI=1S/C14H13BrFNOS/c1-2-11-4-6-13(19-11)14(18)17-8-9-7-10(15)3-5-12(9)16/h3-7H,2,8H2,1H3,(H,17,18). The van der Waals surface area contributed by atoms with E-state index in [1.165, 1.54) is 22.3 Å². The molecule has 5 heteroatoms. The summed E-state index contributed by atoms with van der Waals surface area (Å²) >= 11 is 4.75. The number of nitrogens with one attached hydrogen (secondary N) is 1. The Morgan fingerprint density at radius 1 is 1.37 bits per heavy atom. The van der Waals surface area contributed by atoms with Crippen molar-refractivity contribution in [3.05, 3.63) is 55.9 Å². The first-order chi connectivity index (χ1) is 9.10. The van der Waals surface area contributed by atoms with Gasteiger partial charge in [0.1, 0.15) is 5.82 Å². The minimum Gasteiger partial charge on any atom is -0.347 e. The first-order valence-corrected chi connectivity index (χ1v) is 7.52. The summed E-state index contributed by atoms with van der Waals surface area (Å²) < 4.78 is 14.3. The molecule has 0 fully saturated rings. The molecule has 2 aromatic rings. The molecule has 2 nitrogen and oxygen atoms in total. The van der Waals surface area contributed by atoms with Crippen LogP contribution in [0.15, 0.2) is 34.8 Å². The number of halogens is 2. The van der Waals surface area contributed by atoms with Crippen LogP contribution in [0, 0.1) is 5.82 Å². The molecule has 1 heterocycles. The van der Waals surface area contributed by atoms with Gasteiger partial charge in [0.05, 0.1) is 4.88 Å². The van der Waals surface area contributed by atoms with Gasteiger partial charge in [-0.15, -0.1) is 11.3 Å². The molecule has 0 saturated carbocycles. The molecule has 0 aliphatic heterocycles. The molecule has 1 aromatic carbocycles. The molecule has 0 atom stereocenters. The van der Waals surface area contributed by atoms with Crippen LogP contribution in [0.5, 0.6) is 0 Å². The van der Waals surface area contributed by atoms with Gasteiger partial charge in [-0.05, 0) is 36.8 Å². The highest BCUT2D eigenvalue weighted by molar-refractivity contribution is 9.10. The minimum absolute atomic E-state index is 0.163. The first kappa shape index (κ1) is 14.2. The second-order valence-electron chi connectivity index (χ2n) is 4.04. The van der Waals surface area contributed by atoms with Crippen molar-refractivity contribution in [1.29, 1.82) is 0 Å². The molecule has 0 spiro atoms. The lowest BCUT2D eigenvalue weighted by Crippen LogP contribution is -2.22. The fraction of sp³-hybridized carbons (Fsp3) is 0.214. The normalized spacial score (nSPS) is 10.5. The lowest BCUT2D eigenvalue weighted by Gasteiger charge is -2.05. The molecule has 2 rings (SSSR count). The Bertz CT molecular complexity index is 597. The fourth-order valence-corrected chi connectivity index (χ4v) is 2.90. The summed E-state index contributed by atoms with van der Waals surface area (Å²) in [5.74, 6) is -0.479. The number of thiophene rings is 1. The molecule has 0 bridgehead atoms. The molecule has 0 radical (unpaired) electrons. The molecular formula is C14H13BrFNOS. The van der Waals surface area contributed by atoms with Crippen molar-refractivity contribution in [2.24, 2.45) is 0 Å². The molecule has 1 N–H and O–H groups in total. The first-order valence-electron chi connectivity index (χ1n) is 5.91. The van der Waals surface area contributed by atoms with Crippen LogP contribution in [0.1, 0.15) is 27.0 Å². The Hall–Kier alpha value is -1.20. The number of carbonyl (C=O) groups is 1. The summed E-state index contributed by atoms with van der Waals surface area (Å²) in [7, 11) is 0. The van der Waals surface area contributed by atoms with Crippen molar-refractivity contribution >= 4 is 33.2 Å². The van der Waals surface area contributed by atoms with E-state index in [9.17, 15) is 9.18 Å². The summed E-state index contributed by atoms with van der Waals surface area (Å²) in [6, 6.07) is 8.43. The van der Waals surface area contributed by atoms with Gasteiger partial charge in [-0.1, -0.05) is 22.9 Å². The van der Waals surface area contributed by atoms with E-state index in [1.807, 2.05) is 13.0 Å². The van der Waals surface area contributed by atoms with Crippen molar-refractivity contribution in [3.63, 3.8) is 0 Å². The maximum atomic E-state index is 13.5. The third kappa shape index (κ3) is 3.64. The van der Waals surface area contributed by atoms with Gasteiger partial charge in [-0.3, -0.25) is 4.79 Å². The van der Waals surface area contributed by atoms with E-state index >= 15 is 0 Å². The molecule has 0 aliphatic rings. The van der Waals surface area contributed by atoms with Crippen LogP contribution in [-0.4, -0.2) is 5.91 Å². The second-order valence-corrected chi connectivity index (χ2v) is 6.12. The van der Waals surface area contributed by atoms with Gasteiger partial charge in [0.2, 0.25) is 0 Å². The predicted octanol–water partition coefficient (Wildman–Crippen LogP) is 4.14. The molecule has 1 amide bonds. The van der Waals surface area contributed by atoms with Crippen molar-refractivity contribution < 1.29 is 9.18 Å². The van der Waals surface area contributed by atoms with E-state index in [1.54, 1.807) is 18.2 Å². The predicted molar refractivity (Wildman–Crippen MR) is 79.0 cm³/mol. The van der Waals surface area contributed by atoms with Gasteiger partial charge < -0.3 is 5.32 Å². The van der Waals surface area contributed by atoms with Crippen LogP contribution in [0.4, 0.5) is 4.39 Å². The number of amides is 1. The fourth-order valence-electron chi connectivity index (χ4n) is 1.63. The van der Waals surface area contributed by atoms with Crippen LogP contribution in [0.2, 0.25) is 0 Å². The number of hydrogen-bond acceptors (Lipinski definition) is 2. The Kier molecular flexibility index (Phi) is 4.71. The quantitative estimate of drug-likeness (QED) is 0.889. The van der Waals surface area contributed by atoms with E-state index in [4.69, 9.17) is 0 Å². The van der Waals surface area contributed by atoms with Crippen LogP contribution in [0.3, 0.4) is 0 Å². The SMILES string of the molecule is CCc1ccc(C(=O)NCc2cc(Br)ccc2F)s1. The highest BCUT2D eigenvalue weighted by Gasteiger charge is 2.10. The summed E-state index contributed by atoms with van der Waals surface area (Å²) in [6.07, 6.45) is 0.915. The molecule has 0 aliphatic carbocycles. The summed E-state index contributed by atoms with van der Waals surface area (Å²) in [5.41, 5.74) is 0.468. The highest BCUT2D eigenvalue weighted by Crippen LogP contribution is 2.18. The maximum absolute atomic E-state index is 13.5. The Balaban J connectivity index is 2.02. The van der Waals surface area contributed by atoms with Crippen molar-refractivity contribution in [1.82, 2.24) is 5.32 Å². The molecular weight excluding hydrogens is 329 g/mol. The molecule has 1 aromatic heterocycles. The van der Waals surface area contributed by atoms with E-state index in [-0.39, 0.29) is 18.3 Å². The molecule has 19 heavy (non-hydrogen) atoms. The van der Waals surface area contributed by atoms with Gasteiger partial charge in [0.25, 0.3) is 5.91 Å². The van der Waals surface area contributed by atoms with Crippen molar-refractivity contribution in [2.75, 3.05) is 0 Å². The maximum Gasteiger partial charge on any atom is 0.261 e. The van der Waals surface area contributed by atoms with Gasteiger partial charge in [-0.25, -0.2) is 4.39 Å². The van der Waals surface area contributed by atoms with E-state index in [0.29, 0.717) is 10.4 Å². The smallest absolute Gasteiger partial charge is 0.261 e. The van der Waals surface area contributed by atoms with Crippen LogP contribution in [0.25, 0.3) is 0 Å². The zero-order valence-electron chi connectivity index (χ0n) is 10.4. The molecule has 0 saturated heterocycles. The number of benzene rings is 1. The lowest BCUT2D eigenvalue weighted by molar-refractivity contribution is 0.0954. The van der Waals surface area contributed by atoms with E-state index in [2.05, 4.69) is 21.2 Å². The van der Waals surface area contributed by atoms with Crippen molar-refractivity contribution in [2.45, 2.75) is 19.9 Å². The van der Waals surface area contributed by atoms with Gasteiger partial charge in [0, 0.05) is 21.5 Å². The second kappa shape index (κ2) is 6.30. The van der Waals surface area contributed by atoms with Gasteiger partial charge >= 0.3 is 0 Å². The van der Waals surface area contributed by atoms with Crippen LogP contribution >= 0.6 is 27.3 Å². The van der Waals surface area contributed by atoms with Crippen molar-refractivity contribution in [3.8, 4) is 0 Å².